The van der Waals surface area contributed by atoms with Crippen LogP contribution in [-0.2, 0) is 16.0 Å². The van der Waals surface area contributed by atoms with Crippen LogP contribution in [0.25, 0.3) is 10.9 Å². The van der Waals surface area contributed by atoms with Gasteiger partial charge in [0.1, 0.15) is 5.75 Å². The number of piperidine rings is 2. The highest BCUT2D eigenvalue weighted by molar-refractivity contribution is 5.91. The number of benzene rings is 1. The number of fused-ring (bicyclic) bond motifs is 4. The molecule has 4 heterocycles. The van der Waals surface area contributed by atoms with E-state index in [4.69, 9.17) is 4.74 Å². The van der Waals surface area contributed by atoms with E-state index in [9.17, 15) is 9.90 Å². The Balaban J connectivity index is 1.71. The van der Waals surface area contributed by atoms with Crippen LogP contribution >= 0.6 is 0 Å². The molecular formula is C22H28N2O3. The second kappa shape index (κ2) is 6.26. The molecule has 1 aliphatic carbocycles. The van der Waals surface area contributed by atoms with Crippen molar-refractivity contribution in [2.24, 2.45) is 17.8 Å². The van der Waals surface area contributed by atoms with E-state index in [0.29, 0.717) is 30.2 Å². The van der Waals surface area contributed by atoms with Gasteiger partial charge in [0.15, 0.2) is 0 Å². The first-order chi connectivity index (χ1) is 13.1. The van der Waals surface area contributed by atoms with Gasteiger partial charge in [-0.25, -0.2) is 0 Å². The van der Waals surface area contributed by atoms with Crippen molar-refractivity contribution in [1.29, 1.82) is 0 Å². The zero-order chi connectivity index (χ0) is 18.7. The van der Waals surface area contributed by atoms with Gasteiger partial charge in [-0.15, -0.1) is 0 Å². The van der Waals surface area contributed by atoms with Crippen molar-refractivity contribution in [3.63, 3.8) is 0 Å². The summed E-state index contributed by atoms with van der Waals surface area (Å²) in [5.74, 6) is 1.32. The van der Waals surface area contributed by atoms with Crippen LogP contribution in [0.3, 0.4) is 0 Å². The number of aromatic hydroxyl groups is 1. The third-order valence-corrected chi connectivity index (χ3v) is 7.25. The summed E-state index contributed by atoms with van der Waals surface area (Å²) in [7, 11) is 0. The number of H-pyrrole nitrogens is 1. The number of esters is 1. The fourth-order valence-electron chi connectivity index (χ4n) is 6.30. The van der Waals surface area contributed by atoms with Crippen molar-refractivity contribution in [3.05, 3.63) is 29.5 Å². The average molecular weight is 368 g/mol. The van der Waals surface area contributed by atoms with E-state index in [-0.39, 0.29) is 17.8 Å². The fourth-order valence-corrected chi connectivity index (χ4v) is 6.30. The number of nitrogens with one attached hydrogen (secondary N) is 1. The predicted molar refractivity (Wildman–Crippen MR) is 104 cm³/mol. The van der Waals surface area contributed by atoms with Crippen molar-refractivity contribution < 1.29 is 14.6 Å². The highest BCUT2D eigenvalue weighted by Gasteiger charge is 2.56. The molecule has 5 heteroatoms. The van der Waals surface area contributed by atoms with Crippen LogP contribution in [-0.4, -0.2) is 46.7 Å². The molecule has 2 unspecified atom stereocenters. The van der Waals surface area contributed by atoms with Crippen LogP contribution in [0.15, 0.2) is 18.2 Å². The summed E-state index contributed by atoms with van der Waals surface area (Å²) in [6.07, 6.45) is 3.18. The van der Waals surface area contributed by atoms with Gasteiger partial charge in [-0.1, -0.05) is 19.4 Å². The van der Waals surface area contributed by atoms with E-state index in [1.807, 2.05) is 19.1 Å². The number of phenolic OH excluding ortho intramolecular Hbond substituents is 1. The minimum Gasteiger partial charge on any atom is -0.507 e. The van der Waals surface area contributed by atoms with Gasteiger partial charge < -0.3 is 14.8 Å². The smallest absolute Gasteiger partial charge is 0.309 e. The van der Waals surface area contributed by atoms with E-state index >= 15 is 0 Å². The molecule has 1 saturated carbocycles. The molecule has 5 nitrogen and oxygen atoms in total. The molecule has 1 aromatic heterocycles. The summed E-state index contributed by atoms with van der Waals surface area (Å²) < 4.78 is 5.53. The van der Waals surface area contributed by atoms with Crippen LogP contribution < -0.4 is 0 Å². The number of aromatic nitrogens is 1. The largest absolute Gasteiger partial charge is 0.507 e. The second-order valence-electron chi connectivity index (χ2n) is 8.42. The maximum atomic E-state index is 13.0. The first-order valence-electron chi connectivity index (χ1n) is 10.4. The van der Waals surface area contributed by atoms with Gasteiger partial charge in [-0.05, 0) is 49.3 Å². The van der Waals surface area contributed by atoms with Crippen LogP contribution in [0.4, 0.5) is 0 Å². The topological polar surface area (TPSA) is 65.6 Å². The lowest BCUT2D eigenvalue weighted by atomic mass is 9.59. The molecule has 27 heavy (non-hydrogen) atoms. The van der Waals surface area contributed by atoms with Gasteiger partial charge in [0.2, 0.25) is 0 Å². The van der Waals surface area contributed by atoms with Crippen molar-refractivity contribution in [1.82, 2.24) is 9.88 Å². The molecule has 2 aromatic rings. The van der Waals surface area contributed by atoms with Gasteiger partial charge in [0.05, 0.1) is 12.5 Å². The molecule has 0 amide bonds. The number of carbonyl (C=O) groups is 1. The standard InChI is InChI=1S/C22H28N2O3/c1-3-12-10-13-11-24-9-8-14-18-15(6-5-7-16(18)25)23-20(14)19(21(12)24)17(13)22(26)27-4-2/h5-7,12-13,17,19,21,23,25H,3-4,8-11H2,1-2H3/t12-,13-,17?,19-,21-/m0/s1. The third-order valence-electron chi connectivity index (χ3n) is 7.25. The van der Waals surface area contributed by atoms with Crippen molar-refractivity contribution in [2.75, 3.05) is 19.7 Å². The normalized spacial score (nSPS) is 34.3. The van der Waals surface area contributed by atoms with Gasteiger partial charge in [-0.3, -0.25) is 9.69 Å². The number of nitrogens with zero attached hydrogens (tertiary/aromatic N) is 1. The first-order valence-corrected chi connectivity index (χ1v) is 10.4. The molecular weight excluding hydrogens is 340 g/mol. The molecule has 4 bridgehead atoms. The highest BCUT2D eigenvalue weighted by atomic mass is 16.5. The number of ether oxygens (including phenoxy) is 1. The van der Waals surface area contributed by atoms with Gasteiger partial charge in [0, 0.05) is 41.6 Å². The van der Waals surface area contributed by atoms with Gasteiger partial charge in [0.25, 0.3) is 0 Å². The Kier molecular flexibility index (Phi) is 3.97. The third kappa shape index (κ3) is 2.37. The average Bonchev–Trinajstić information content (AvgIpc) is 3.00. The molecule has 3 aliphatic heterocycles. The quantitative estimate of drug-likeness (QED) is 0.815. The van der Waals surface area contributed by atoms with Crippen LogP contribution in [0.5, 0.6) is 5.75 Å². The van der Waals surface area contributed by atoms with E-state index in [1.54, 1.807) is 6.07 Å². The molecule has 0 radical (unpaired) electrons. The molecule has 3 fully saturated rings. The Labute approximate surface area is 159 Å². The molecule has 0 spiro atoms. The summed E-state index contributed by atoms with van der Waals surface area (Å²) in [4.78, 5) is 19.2. The first kappa shape index (κ1) is 17.1. The fraction of sp³-hybridized carbons (Fsp3) is 0.591. The summed E-state index contributed by atoms with van der Waals surface area (Å²) in [6, 6.07) is 6.05. The second-order valence-corrected chi connectivity index (χ2v) is 8.42. The number of aromatic amines is 1. The van der Waals surface area contributed by atoms with E-state index in [1.165, 1.54) is 11.3 Å². The zero-order valence-corrected chi connectivity index (χ0v) is 16.1. The van der Waals surface area contributed by atoms with Crippen LogP contribution in [0, 0.1) is 17.8 Å². The lowest BCUT2D eigenvalue weighted by Crippen LogP contribution is -2.61. The molecule has 2 saturated heterocycles. The molecule has 1 aromatic carbocycles. The SMILES string of the molecule is CCOC(=O)C1[C@H]2C[C@H](CC)[C@H]3[C@@H]1c1[nH]c4cccc(O)c4c1CCN3C2. The molecule has 6 rings (SSSR count). The van der Waals surface area contributed by atoms with Crippen molar-refractivity contribution in [3.8, 4) is 5.75 Å². The summed E-state index contributed by atoms with van der Waals surface area (Å²) in [5.41, 5.74) is 3.35. The number of phenols is 1. The zero-order valence-electron chi connectivity index (χ0n) is 16.1. The molecule has 2 N–H and O–H groups in total. The number of hydrogen-bond acceptors (Lipinski definition) is 4. The Hall–Kier alpha value is -2.01. The monoisotopic (exact) mass is 368 g/mol. The highest BCUT2D eigenvalue weighted by Crippen LogP contribution is 2.54. The minimum atomic E-state index is -0.0824. The Morgan fingerprint density at radius 1 is 1.37 bits per heavy atom. The lowest BCUT2D eigenvalue weighted by Gasteiger charge is -2.56. The lowest BCUT2D eigenvalue weighted by molar-refractivity contribution is -0.161. The Bertz CT molecular complexity index is 889. The van der Waals surface area contributed by atoms with E-state index < -0.39 is 0 Å². The van der Waals surface area contributed by atoms with E-state index in [0.717, 1.165) is 43.3 Å². The maximum Gasteiger partial charge on any atom is 0.309 e. The predicted octanol–water partition coefficient (Wildman–Crippen LogP) is 3.42. The summed E-state index contributed by atoms with van der Waals surface area (Å²) in [6.45, 7) is 6.59. The maximum absolute atomic E-state index is 13.0. The number of hydrogen-bond donors (Lipinski definition) is 2. The van der Waals surface area contributed by atoms with Crippen LogP contribution in [0.1, 0.15) is 43.9 Å². The van der Waals surface area contributed by atoms with E-state index in [2.05, 4.69) is 16.8 Å². The van der Waals surface area contributed by atoms with Gasteiger partial charge in [-0.2, -0.15) is 0 Å². The van der Waals surface area contributed by atoms with Crippen molar-refractivity contribution >= 4 is 16.9 Å². The summed E-state index contributed by atoms with van der Waals surface area (Å²) in [5, 5.41) is 11.5. The molecule has 4 aliphatic rings. The molecule has 6 atom stereocenters. The van der Waals surface area contributed by atoms with Gasteiger partial charge >= 0.3 is 5.97 Å². The molecule has 144 valence electrons. The Morgan fingerprint density at radius 2 is 2.22 bits per heavy atom. The minimum absolute atomic E-state index is 0.0394. The number of carbonyl (C=O) groups excluding carboxylic acids is 1. The Morgan fingerprint density at radius 3 is 3.00 bits per heavy atom. The summed E-state index contributed by atoms with van der Waals surface area (Å²) >= 11 is 0. The number of rotatable bonds is 3. The van der Waals surface area contributed by atoms with Crippen LogP contribution in [0.2, 0.25) is 0 Å². The van der Waals surface area contributed by atoms with Crippen molar-refractivity contribution in [2.45, 2.75) is 45.1 Å².